The molecule has 0 bridgehead atoms. The summed E-state index contributed by atoms with van der Waals surface area (Å²) < 4.78 is 24.5. The molecule has 0 saturated carbocycles. The first kappa shape index (κ1) is 33.0. The van der Waals surface area contributed by atoms with Gasteiger partial charge in [-0.2, -0.15) is 0 Å². The molecule has 3 rings (SSSR count). The fourth-order valence-corrected chi connectivity index (χ4v) is 9.96. The highest BCUT2D eigenvalue weighted by atomic mass is 28.4. The molecule has 1 heterocycles. The van der Waals surface area contributed by atoms with Crippen molar-refractivity contribution in [2.75, 3.05) is 6.61 Å². The molecule has 0 aliphatic carbocycles. The normalized spacial score (nSPS) is 20.5. The second-order valence-electron chi connectivity index (χ2n) is 13.4. The number of aliphatic hydroxyl groups is 1. The number of hydrogen-bond donors (Lipinski definition) is 1. The number of benzene rings is 2. The Morgan fingerprint density at radius 3 is 2.00 bits per heavy atom. The van der Waals surface area contributed by atoms with Crippen LogP contribution >= 0.6 is 0 Å². The van der Waals surface area contributed by atoms with Gasteiger partial charge in [-0.05, 0) is 57.0 Å². The van der Waals surface area contributed by atoms with Crippen molar-refractivity contribution < 1.29 is 28.5 Å². The Morgan fingerprint density at radius 1 is 0.976 bits per heavy atom. The van der Waals surface area contributed by atoms with Crippen molar-refractivity contribution in [3.8, 4) is 11.8 Å². The molecule has 0 spiro atoms. The number of hydrogen-bond acceptors (Lipinski definition) is 6. The van der Waals surface area contributed by atoms with Crippen LogP contribution in [0.4, 0.5) is 0 Å². The van der Waals surface area contributed by atoms with Gasteiger partial charge in [0.15, 0.2) is 5.79 Å². The minimum atomic E-state index is -2.70. The molecule has 0 radical (unpaired) electrons. The van der Waals surface area contributed by atoms with Crippen LogP contribution in [0.5, 0.6) is 0 Å². The predicted molar refractivity (Wildman–Crippen MR) is 165 cm³/mol. The smallest absolute Gasteiger partial charge is 0.311 e. The summed E-state index contributed by atoms with van der Waals surface area (Å²) in [5.74, 6) is 4.99. The fraction of sp³-hybridized carbons (Fsp3) is 0.559. The number of carbonyl (C=O) groups excluding carboxylic acids is 1. The summed E-state index contributed by atoms with van der Waals surface area (Å²) in [5, 5.41) is 13.3. The summed E-state index contributed by atoms with van der Waals surface area (Å²) in [5.41, 5.74) is -0.579. The van der Waals surface area contributed by atoms with Crippen LogP contribution in [0.1, 0.15) is 75.2 Å². The summed E-state index contributed by atoms with van der Waals surface area (Å²) in [6.45, 7) is 18.0. The molecule has 0 amide bonds. The van der Waals surface area contributed by atoms with E-state index in [4.69, 9.17) is 18.6 Å². The van der Waals surface area contributed by atoms with Crippen LogP contribution in [0.2, 0.25) is 5.04 Å². The molecule has 0 aromatic heterocycles. The molecule has 2 aromatic carbocycles. The zero-order valence-electron chi connectivity index (χ0n) is 26.2. The minimum absolute atomic E-state index is 0.138. The van der Waals surface area contributed by atoms with Crippen LogP contribution in [-0.2, 0) is 23.4 Å². The Kier molecular flexibility index (Phi) is 10.7. The zero-order valence-corrected chi connectivity index (χ0v) is 27.2. The molecule has 1 fully saturated rings. The van der Waals surface area contributed by atoms with E-state index in [1.807, 2.05) is 39.8 Å². The first-order valence-electron chi connectivity index (χ1n) is 14.5. The topological polar surface area (TPSA) is 74.2 Å². The molecule has 2 unspecified atom stereocenters. The van der Waals surface area contributed by atoms with Gasteiger partial charge in [0.2, 0.25) is 0 Å². The largest absolute Gasteiger partial charge is 0.465 e. The molecule has 1 N–H and O–H groups in total. The maximum atomic E-state index is 12.2. The van der Waals surface area contributed by atoms with Crippen LogP contribution < -0.4 is 10.4 Å². The summed E-state index contributed by atoms with van der Waals surface area (Å²) in [4.78, 5) is 12.2. The van der Waals surface area contributed by atoms with Gasteiger partial charge in [-0.25, -0.2) is 0 Å². The van der Waals surface area contributed by atoms with Crippen molar-refractivity contribution >= 4 is 24.7 Å². The lowest BCUT2D eigenvalue weighted by Gasteiger charge is -2.44. The zero-order chi connectivity index (χ0) is 30.5. The lowest BCUT2D eigenvalue weighted by Crippen LogP contribution is -2.67. The second kappa shape index (κ2) is 13.2. The van der Waals surface area contributed by atoms with Gasteiger partial charge >= 0.3 is 5.97 Å². The van der Waals surface area contributed by atoms with Crippen molar-refractivity contribution in [1.29, 1.82) is 0 Å². The summed E-state index contributed by atoms with van der Waals surface area (Å²) in [7, 11) is -2.70. The molecular formula is C34H48O6Si. The van der Waals surface area contributed by atoms with Crippen LogP contribution in [0.3, 0.4) is 0 Å². The average Bonchev–Trinajstić information content (AvgIpc) is 3.21. The number of rotatable bonds is 9. The van der Waals surface area contributed by atoms with E-state index in [0.29, 0.717) is 12.8 Å². The SMILES string of the molecule is CC(CC#CC(O)[C@H]1OC(C)(C)O[C@H]1CCOC(=O)C(C)(C)C)O[Si](c1ccccc1)(c1ccccc1)C(C)(C)C. The standard InChI is InChI=1S/C34H48O6Si/c1-25(40-41(33(5,6)7,26-18-12-10-13-19-26)27-20-14-11-15-21-27)17-16-22-28(35)30-29(38-34(8,9)39-30)23-24-37-31(36)32(2,3)4/h10-15,18-21,25,28-30,35H,17,23-24H2,1-9H3/t25?,28?,29-,30+/m0/s1. The van der Waals surface area contributed by atoms with Gasteiger partial charge in [0.25, 0.3) is 8.32 Å². The lowest BCUT2D eigenvalue weighted by atomic mass is 9.97. The first-order chi connectivity index (χ1) is 19.1. The van der Waals surface area contributed by atoms with Gasteiger partial charge < -0.3 is 23.7 Å². The van der Waals surface area contributed by atoms with E-state index < -0.39 is 37.8 Å². The monoisotopic (exact) mass is 580 g/mol. The van der Waals surface area contributed by atoms with E-state index in [0.717, 1.165) is 0 Å². The number of aliphatic hydroxyl groups excluding tert-OH is 1. The Morgan fingerprint density at radius 2 is 1.51 bits per heavy atom. The molecule has 7 heteroatoms. The molecule has 2 aromatic rings. The van der Waals surface area contributed by atoms with Crippen molar-refractivity contribution in [3.63, 3.8) is 0 Å². The Balaban J connectivity index is 1.74. The Bertz CT molecular complexity index is 1150. The van der Waals surface area contributed by atoms with E-state index in [1.54, 1.807) is 13.8 Å². The van der Waals surface area contributed by atoms with Crippen molar-refractivity contribution in [2.45, 2.75) is 110 Å². The maximum Gasteiger partial charge on any atom is 0.311 e. The van der Waals surface area contributed by atoms with E-state index >= 15 is 0 Å². The van der Waals surface area contributed by atoms with Crippen molar-refractivity contribution in [2.24, 2.45) is 5.41 Å². The third-order valence-corrected chi connectivity index (χ3v) is 12.4. The van der Waals surface area contributed by atoms with Gasteiger partial charge in [0.1, 0.15) is 12.2 Å². The molecular weight excluding hydrogens is 532 g/mol. The lowest BCUT2D eigenvalue weighted by molar-refractivity contribution is -0.157. The van der Waals surface area contributed by atoms with E-state index in [-0.39, 0.29) is 23.7 Å². The highest BCUT2D eigenvalue weighted by molar-refractivity contribution is 6.99. The van der Waals surface area contributed by atoms with E-state index in [2.05, 4.69) is 81.1 Å². The molecule has 6 nitrogen and oxygen atoms in total. The molecule has 224 valence electrons. The summed E-state index contributed by atoms with van der Waals surface area (Å²) in [6.07, 6.45) is -1.48. The third kappa shape index (κ3) is 8.30. The summed E-state index contributed by atoms with van der Waals surface area (Å²) >= 11 is 0. The van der Waals surface area contributed by atoms with E-state index in [1.165, 1.54) is 10.4 Å². The van der Waals surface area contributed by atoms with Crippen LogP contribution in [0.15, 0.2) is 60.7 Å². The second-order valence-corrected chi connectivity index (χ2v) is 17.6. The van der Waals surface area contributed by atoms with Crippen molar-refractivity contribution in [3.05, 3.63) is 60.7 Å². The maximum absolute atomic E-state index is 12.2. The first-order valence-corrected chi connectivity index (χ1v) is 16.5. The number of ether oxygens (including phenoxy) is 3. The van der Waals surface area contributed by atoms with Gasteiger partial charge in [-0.1, -0.05) is 93.3 Å². The van der Waals surface area contributed by atoms with Gasteiger partial charge in [0, 0.05) is 12.8 Å². The summed E-state index contributed by atoms with van der Waals surface area (Å²) in [6, 6.07) is 21.0. The average molecular weight is 581 g/mol. The highest BCUT2D eigenvalue weighted by Crippen LogP contribution is 2.38. The van der Waals surface area contributed by atoms with E-state index in [9.17, 15) is 9.90 Å². The van der Waals surface area contributed by atoms with Gasteiger partial charge in [-0.15, -0.1) is 0 Å². The van der Waals surface area contributed by atoms with Gasteiger partial charge in [-0.3, -0.25) is 4.79 Å². The van der Waals surface area contributed by atoms with Crippen LogP contribution in [-0.4, -0.2) is 56.2 Å². The highest BCUT2D eigenvalue weighted by Gasteiger charge is 2.51. The van der Waals surface area contributed by atoms with Crippen LogP contribution in [0, 0.1) is 17.3 Å². The Hall–Kier alpha value is -2.47. The van der Waals surface area contributed by atoms with Gasteiger partial charge in [0.05, 0.1) is 24.2 Å². The molecule has 1 saturated heterocycles. The number of carbonyl (C=O) groups is 1. The molecule has 1 aliphatic rings. The predicted octanol–water partition coefficient (Wildman–Crippen LogP) is 5.21. The molecule has 4 atom stereocenters. The van der Waals surface area contributed by atoms with Crippen LogP contribution in [0.25, 0.3) is 0 Å². The fourth-order valence-electron chi connectivity index (χ4n) is 5.26. The quantitative estimate of drug-likeness (QED) is 0.250. The molecule has 41 heavy (non-hydrogen) atoms. The Labute approximate surface area is 247 Å². The van der Waals surface area contributed by atoms with Crippen molar-refractivity contribution in [1.82, 2.24) is 0 Å². The third-order valence-electron chi connectivity index (χ3n) is 7.21. The number of esters is 1. The molecule has 1 aliphatic heterocycles. The minimum Gasteiger partial charge on any atom is -0.465 e.